The summed E-state index contributed by atoms with van der Waals surface area (Å²) >= 11 is 0. The van der Waals surface area contributed by atoms with Crippen molar-refractivity contribution in [3.63, 3.8) is 0 Å². The Balaban J connectivity index is 2.57. The van der Waals surface area contributed by atoms with E-state index < -0.39 is 0 Å². The Labute approximate surface area is 106 Å². The van der Waals surface area contributed by atoms with Crippen molar-refractivity contribution in [3.8, 4) is 0 Å². The summed E-state index contributed by atoms with van der Waals surface area (Å²) in [4.78, 5) is 0. The first-order valence-electron chi connectivity index (χ1n) is 6.62. The molecule has 1 aromatic heterocycles. The second kappa shape index (κ2) is 6.20. The van der Waals surface area contributed by atoms with Crippen LogP contribution >= 0.6 is 0 Å². The van der Waals surface area contributed by atoms with Crippen molar-refractivity contribution >= 4 is 0 Å². The predicted molar refractivity (Wildman–Crippen MR) is 73.0 cm³/mol. The number of aromatic nitrogens is 2. The van der Waals surface area contributed by atoms with Crippen molar-refractivity contribution in [1.82, 2.24) is 15.1 Å². The Bertz CT molecular complexity index is 322. The van der Waals surface area contributed by atoms with Crippen LogP contribution in [-0.4, -0.2) is 22.9 Å². The summed E-state index contributed by atoms with van der Waals surface area (Å²) in [5, 5.41) is 8.02. The van der Waals surface area contributed by atoms with Gasteiger partial charge in [-0.05, 0) is 43.3 Å². The molecule has 1 aromatic rings. The van der Waals surface area contributed by atoms with Gasteiger partial charge in [0, 0.05) is 13.2 Å². The van der Waals surface area contributed by atoms with Crippen molar-refractivity contribution in [2.45, 2.75) is 40.5 Å². The van der Waals surface area contributed by atoms with Gasteiger partial charge in [-0.3, -0.25) is 4.68 Å². The molecule has 0 aliphatic carbocycles. The summed E-state index contributed by atoms with van der Waals surface area (Å²) < 4.78 is 1.88. The first-order chi connectivity index (χ1) is 7.93. The zero-order valence-corrected chi connectivity index (χ0v) is 12.0. The monoisotopic (exact) mass is 237 g/mol. The fourth-order valence-electron chi connectivity index (χ4n) is 1.96. The van der Waals surface area contributed by atoms with Crippen LogP contribution in [0.2, 0.25) is 0 Å². The fourth-order valence-corrected chi connectivity index (χ4v) is 1.96. The van der Waals surface area contributed by atoms with E-state index >= 15 is 0 Å². The van der Waals surface area contributed by atoms with E-state index in [0.29, 0.717) is 11.3 Å². The Morgan fingerprint density at radius 3 is 2.59 bits per heavy atom. The molecule has 1 atom stereocenters. The first kappa shape index (κ1) is 14.2. The summed E-state index contributed by atoms with van der Waals surface area (Å²) in [5.41, 5.74) is 1.52. The number of rotatable bonds is 6. The average Bonchev–Trinajstić information content (AvgIpc) is 2.61. The number of hydrogen-bond donors (Lipinski definition) is 1. The maximum absolute atomic E-state index is 4.48. The zero-order chi connectivity index (χ0) is 12.9. The van der Waals surface area contributed by atoms with E-state index in [2.05, 4.69) is 44.2 Å². The Morgan fingerprint density at radius 1 is 1.41 bits per heavy atom. The highest BCUT2D eigenvalue weighted by Gasteiger charge is 2.25. The molecule has 1 heterocycles. The van der Waals surface area contributed by atoms with Crippen LogP contribution in [0, 0.1) is 11.3 Å². The van der Waals surface area contributed by atoms with Gasteiger partial charge in [-0.25, -0.2) is 0 Å². The molecule has 0 saturated carbocycles. The molecule has 0 saturated heterocycles. The smallest absolute Gasteiger partial charge is 0.0627 e. The largest absolute Gasteiger partial charge is 0.316 e. The van der Waals surface area contributed by atoms with E-state index in [1.54, 1.807) is 0 Å². The topological polar surface area (TPSA) is 29.9 Å². The van der Waals surface area contributed by atoms with Gasteiger partial charge in [-0.1, -0.05) is 27.7 Å². The standard InChI is InChI=1S/C14H27N3/c1-6-8-15-11-12(14(2,3)4)10-13-7-9-17(5)16-13/h7,9,12,15H,6,8,10-11H2,1-5H3. The second-order valence-electron chi connectivity index (χ2n) is 5.95. The molecule has 0 aliphatic rings. The number of aryl methyl sites for hydroxylation is 1. The molecule has 1 unspecified atom stereocenters. The molecule has 0 amide bonds. The van der Waals surface area contributed by atoms with Crippen LogP contribution in [0.4, 0.5) is 0 Å². The van der Waals surface area contributed by atoms with Gasteiger partial charge in [0.1, 0.15) is 0 Å². The molecule has 0 fully saturated rings. The molecule has 0 spiro atoms. The zero-order valence-electron chi connectivity index (χ0n) is 12.0. The van der Waals surface area contributed by atoms with Crippen molar-refractivity contribution in [3.05, 3.63) is 18.0 Å². The SMILES string of the molecule is CCCNCC(Cc1ccn(C)n1)C(C)(C)C. The lowest BCUT2D eigenvalue weighted by molar-refractivity contribution is 0.229. The molecule has 0 aliphatic heterocycles. The third kappa shape index (κ3) is 4.90. The Hall–Kier alpha value is -0.830. The molecule has 0 radical (unpaired) electrons. The Morgan fingerprint density at radius 2 is 2.12 bits per heavy atom. The molecule has 17 heavy (non-hydrogen) atoms. The highest BCUT2D eigenvalue weighted by Crippen LogP contribution is 2.28. The highest BCUT2D eigenvalue weighted by atomic mass is 15.2. The van der Waals surface area contributed by atoms with Crippen LogP contribution in [0.15, 0.2) is 12.3 Å². The molecular formula is C14H27N3. The van der Waals surface area contributed by atoms with E-state index in [1.807, 2.05) is 17.9 Å². The van der Waals surface area contributed by atoms with Crippen molar-refractivity contribution in [2.75, 3.05) is 13.1 Å². The van der Waals surface area contributed by atoms with Gasteiger partial charge < -0.3 is 5.32 Å². The van der Waals surface area contributed by atoms with E-state index in [0.717, 1.165) is 19.5 Å². The molecule has 98 valence electrons. The van der Waals surface area contributed by atoms with Crippen LogP contribution in [0.5, 0.6) is 0 Å². The summed E-state index contributed by atoms with van der Waals surface area (Å²) in [6.45, 7) is 11.3. The number of nitrogens with one attached hydrogen (secondary N) is 1. The van der Waals surface area contributed by atoms with Crippen molar-refractivity contribution < 1.29 is 0 Å². The van der Waals surface area contributed by atoms with Crippen molar-refractivity contribution in [1.29, 1.82) is 0 Å². The van der Waals surface area contributed by atoms with E-state index in [9.17, 15) is 0 Å². The normalized spacial score (nSPS) is 13.9. The lowest BCUT2D eigenvalue weighted by atomic mass is 9.78. The Kier molecular flexibility index (Phi) is 5.19. The lowest BCUT2D eigenvalue weighted by Crippen LogP contribution is -2.33. The summed E-state index contributed by atoms with van der Waals surface area (Å²) in [6, 6.07) is 2.12. The fraction of sp³-hybridized carbons (Fsp3) is 0.786. The molecule has 1 rings (SSSR count). The lowest BCUT2D eigenvalue weighted by Gasteiger charge is -2.30. The van der Waals surface area contributed by atoms with E-state index in [1.165, 1.54) is 12.1 Å². The highest BCUT2D eigenvalue weighted by molar-refractivity contribution is 5.01. The van der Waals surface area contributed by atoms with Crippen LogP contribution in [0.1, 0.15) is 39.8 Å². The third-order valence-corrected chi connectivity index (χ3v) is 3.27. The minimum absolute atomic E-state index is 0.318. The predicted octanol–water partition coefficient (Wildman–Crippen LogP) is 2.62. The molecule has 3 heteroatoms. The maximum Gasteiger partial charge on any atom is 0.0627 e. The minimum atomic E-state index is 0.318. The summed E-state index contributed by atoms with van der Waals surface area (Å²) in [7, 11) is 1.98. The van der Waals surface area contributed by atoms with Gasteiger partial charge in [0.05, 0.1) is 5.69 Å². The molecule has 0 aromatic carbocycles. The van der Waals surface area contributed by atoms with Crippen LogP contribution in [-0.2, 0) is 13.5 Å². The van der Waals surface area contributed by atoms with Gasteiger partial charge >= 0.3 is 0 Å². The quantitative estimate of drug-likeness (QED) is 0.771. The van der Waals surface area contributed by atoms with Gasteiger partial charge in [0.2, 0.25) is 0 Å². The van der Waals surface area contributed by atoms with Gasteiger partial charge in [-0.15, -0.1) is 0 Å². The number of hydrogen-bond acceptors (Lipinski definition) is 2. The molecular weight excluding hydrogens is 210 g/mol. The van der Waals surface area contributed by atoms with Crippen molar-refractivity contribution in [2.24, 2.45) is 18.4 Å². The third-order valence-electron chi connectivity index (χ3n) is 3.27. The molecule has 1 N–H and O–H groups in total. The number of nitrogens with zero attached hydrogens (tertiary/aromatic N) is 2. The molecule has 0 bridgehead atoms. The van der Waals surface area contributed by atoms with Crippen LogP contribution in [0.25, 0.3) is 0 Å². The molecule has 3 nitrogen and oxygen atoms in total. The van der Waals surface area contributed by atoms with Crippen LogP contribution in [0.3, 0.4) is 0 Å². The van der Waals surface area contributed by atoms with Gasteiger partial charge in [0.25, 0.3) is 0 Å². The van der Waals surface area contributed by atoms with Gasteiger partial charge in [-0.2, -0.15) is 5.10 Å². The minimum Gasteiger partial charge on any atom is -0.316 e. The van der Waals surface area contributed by atoms with Gasteiger partial charge in [0.15, 0.2) is 0 Å². The van der Waals surface area contributed by atoms with E-state index in [4.69, 9.17) is 0 Å². The maximum atomic E-state index is 4.48. The van der Waals surface area contributed by atoms with Crippen LogP contribution < -0.4 is 5.32 Å². The van der Waals surface area contributed by atoms with E-state index in [-0.39, 0.29) is 0 Å². The average molecular weight is 237 g/mol. The summed E-state index contributed by atoms with van der Waals surface area (Å²) in [5.74, 6) is 0.629. The first-order valence-corrected chi connectivity index (χ1v) is 6.62. The second-order valence-corrected chi connectivity index (χ2v) is 5.95. The summed E-state index contributed by atoms with van der Waals surface area (Å²) in [6.07, 6.45) is 4.27.